The van der Waals surface area contributed by atoms with Crippen molar-refractivity contribution in [3.05, 3.63) is 65.7 Å². The number of alkyl halides is 3. The standard InChI is InChI=1S/C20H15ClF3N5O3/c21-15-5-11(17(31)10-30)6-25-18(15)12-7-26-19-16(8-27-29(19)9-12)28-13-1-3-14(4-2-13)32-20(22,23)24/h1-9,17,28,30-31H,10H2/t17-/m0/s1. The van der Waals surface area contributed by atoms with Crippen LogP contribution < -0.4 is 10.1 Å². The second-order valence-corrected chi connectivity index (χ2v) is 7.07. The van der Waals surface area contributed by atoms with Gasteiger partial charge in [-0.2, -0.15) is 5.10 Å². The van der Waals surface area contributed by atoms with Gasteiger partial charge in [-0.3, -0.25) is 4.98 Å². The zero-order valence-corrected chi connectivity index (χ0v) is 16.8. The van der Waals surface area contributed by atoms with Crippen LogP contribution in [0, 0.1) is 0 Å². The van der Waals surface area contributed by atoms with Crippen LogP contribution in [0.5, 0.6) is 5.75 Å². The fourth-order valence-corrected chi connectivity index (χ4v) is 3.22. The molecule has 0 spiro atoms. The molecule has 0 unspecified atom stereocenters. The summed E-state index contributed by atoms with van der Waals surface area (Å²) in [6.45, 7) is -0.452. The fraction of sp³-hybridized carbons (Fsp3) is 0.150. The van der Waals surface area contributed by atoms with Gasteiger partial charge in [-0.1, -0.05) is 11.6 Å². The van der Waals surface area contributed by atoms with E-state index in [0.717, 1.165) is 0 Å². The lowest BCUT2D eigenvalue weighted by Gasteiger charge is -2.10. The molecule has 0 fully saturated rings. The summed E-state index contributed by atoms with van der Waals surface area (Å²) in [7, 11) is 0. The van der Waals surface area contributed by atoms with Crippen molar-refractivity contribution in [1.29, 1.82) is 0 Å². The Kier molecular flexibility index (Phi) is 5.87. The monoisotopic (exact) mass is 465 g/mol. The van der Waals surface area contributed by atoms with Gasteiger partial charge in [-0.25, -0.2) is 9.50 Å². The van der Waals surface area contributed by atoms with Crippen LogP contribution in [-0.2, 0) is 0 Å². The van der Waals surface area contributed by atoms with Crippen molar-refractivity contribution < 1.29 is 28.1 Å². The van der Waals surface area contributed by atoms with Crippen molar-refractivity contribution in [3.8, 4) is 17.0 Å². The first-order chi connectivity index (χ1) is 15.2. The molecule has 0 radical (unpaired) electrons. The molecule has 0 bridgehead atoms. The molecule has 1 aromatic carbocycles. The smallest absolute Gasteiger partial charge is 0.406 e. The van der Waals surface area contributed by atoms with Crippen molar-refractivity contribution >= 4 is 28.6 Å². The number of hydrogen-bond acceptors (Lipinski definition) is 7. The maximum atomic E-state index is 12.3. The zero-order chi connectivity index (χ0) is 22.9. The highest BCUT2D eigenvalue weighted by Gasteiger charge is 2.31. The number of aromatic nitrogens is 4. The molecule has 3 heterocycles. The molecule has 0 saturated heterocycles. The van der Waals surface area contributed by atoms with Crippen molar-refractivity contribution in [2.75, 3.05) is 11.9 Å². The Morgan fingerprint density at radius 1 is 1.12 bits per heavy atom. The van der Waals surface area contributed by atoms with Gasteiger partial charge in [0.1, 0.15) is 17.5 Å². The van der Waals surface area contributed by atoms with Gasteiger partial charge in [0, 0.05) is 35.4 Å². The molecule has 0 amide bonds. The van der Waals surface area contributed by atoms with Crippen LogP contribution in [0.2, 0.25) is 5.02 Å². The summed E-state index contributed by atoms with van der Waals surface area (Å²) >= 11 is 6.28. The number of halogens is 4. The number of hydrogen-bond donors (Lipinski definition) is 3. The number of fused-ring (bicyclic) bond motifs is 1. The van der Waals surface area contributed by atoms with Gasteiger partial charge < -0.3 is 20.3 Å². The lowest BCUT2D eigenvalue weighted by molar-refractivity contribution is -0.274. The Balaban J connectivity index is 1.56. The third-order valence-electron chi connectivity index (χ3n) is 4.42. The number of ether oxygens (including phenoxy) is 1. The van der Waals surface area contributed by atoms with E-state index in [2.05, 4.69) is 25.1 Å². The van der Waals surface area contributed by atoms with E-state index < -0.39 is 19.1 Å². The van der Waals surface area contributed by atoms with Crippen LogP contribution in [0.3, 0.4) is 0 Å². The lowest BCUT2D eigenvalue weighted by Crippen LogP contribution is -2.16. The van der Waals surface area contributed by atoms with Crippen molar-refractivity contribution in [2.24, 2.45) is 0 Å². The van der Waals surface area contributed by atoms with Crippen molar-refractivity contribution in [2.45, 2.75) is 12.5 Å². The number of pyridine rings is 1. The van der Waals surface area contributed by atoms with Crippen LogP contribution in [0.4, 0.5) is 24.5 Å². The van der Waals surface area contributed by atoms with Gasteiger partial charge in [0.05, 0.1) is 23.5 Å². The molecule has 4 rings (SSSR count). The van der Waals surface area contributed by atoms with Gasteiger partial charge in [0.25, 0.3) is 0 Å². The Hall–Kier alpha value is -3.41. The Morgan fingerprint density at radius 3 is 2.53 bits per heavy atom. The number of nitrogens with zero attached hydrogens (tertiary/aromatic N) is 4. The molecular formula is C20H15ClF3N5O3. The van der Waals surface area contributed by atoms with Crippen LogP contribution >= 0.6 is 11.6 Å². The Morgan fingerprint density at radius 2 is 1.88 bits per heavy atom. The predicted octanol–water partition coefficient (Wildman–Crippen LogP) is 4.11. The molecule has 4 aromatic rings. The van der Waals surface area contributed by atoms with Gasteiger partial charge in [0.2, 0.25) is 0 Å². The summed E-state index contributed by atoms with van der Waals surface area (Å²) in [5.41, 5.74) is 2.88. The molecule has 3 aromatic heterocycles. The first-order valence-corrected chi connectivity index (χ1v) is 9.52. The lowest BCUT2D eigenvalue weighted by atomic mass is 10.1. The van der Waals surface area contributed by atoms with E-state index in [4.69, 9.17) is 16.7 Å². The highest BCUT2D eigenvalue weighted by molar-refractivity contribution is 6.33. The number of anilines is 2. The second-order valence-electron chi connectivity index (χ2n) is 6.66. The number of aliphatic hydroxyl groups excluding tert-OH is 2. The van der Waals surface area contributed by atoms with Gasteiger partial charge in [-0.05, 0) is 30.3 Å². The molecule has 3 N–H and O–H groups in total. The summed E-state index contributed by atoms with van der Waals surface area (Å²) in [4.78, 5) is 8.61. The van der Waals surface area contributed by atoms with Gasteiger partial charge >= 0.3 is 6.36 Å². The SMILES string of the molecule is OC[C@H](O)c1cnc(-c2cnc3c(Nc4ccc(OC(F)(F)F)cc4)cnn3c2)c(Cl)c1. The summed E-state index contributed by atoms with van der Waals surface area (Å²) in [6.07, 6.45) is 0.290. The number of nitrogens with one attached hydrogen (secondary N) is 1. The highest BCUT2D eigenvalue weighted by atomic mass is 35.5. The molecule has 0 aliphatic rings. The van der Waals surface area contributed by atoms with E-state index >= 15 is 0 Å². The van der Waals surface area contributed by atoms with Gasteiger partial charge in [0.15, 0.2) is 5.65 Å². The van der Waals surface area contributed by atoms with E-state index in [9.17, 15) is 18.3 Å². The van der Waals surface area contributed by atoms with Crippen LogP contribution in [0.25, 0.3) is 16.9 Å². The summed E-state index contributed by atoms with van der Waals surface area (Å²) in [6, 6.07) is 6.77. The van der Waals surface area contributed by atoms with Crippen molar-refractivity contribution in [3.63, 3.8) is 0 Å². The van der Waals surface area contributed by atoms with E-state index in [1.54, 1.807) is 12.4 Å². The summed E-state index contributed by atoms with van der Waals surface area (Å²) < 4.78 is 42.2. The normalized spacial score (nSPS) is 12.7. The minimum atomic E-state index is -4.75. The van der Waals surface area contributed by atoms with E-state index in [1.807, 2.05) is 0 Å². The molecule has 0 saturated carbocycles. The quantitative estimate of drug-likeness (QED) is 0.393. The number of rotatable bonds is 6. The zero-order valence-electron chi connectivity index (χ0n) is 16.1. The van der Waals surface area contributed by atoms with Crippen molar-refractivity contribution in [1.82, 2.24) is 19.6 Å². The minimum absolute atomic E-state index is 0.267. The van der Waals surface area contributed by atoms with Gasteiger partial charge in [-0.15, -0.1) is 13.2 Å². The summed E-state index contributed by atoms with van der Waals surface area (Å²) in [5.74, 6) is -0.326. The molecule has 0 aliphatic carbocycles. The molecule has 0 aliphatic heterocycles. The molecule has 12 heteroatoms. The molecule has 8 nitrogen and oxygen atoms in total. The molecule has 166 valence electrons. The minimum Gasteiger partial charge on any atom is -0.406 e. The molecular weight excluding hydrogens is 451 g/mol. The van der Waals surface area contributed by atoms with Crippen LogP contribution in [0.15, 0.2) is 55.1 Å². The number of benzene rings is 1. The maximum Gasteiger partial charge on any atom is 0.573 e. The predicted molar refractivity (Wildman–Crippen MR) is 110 cm³/mol. The van der Waals surface area contributed by atoms with E-state index in [0.29, 0.717) is 33.8 Å². The average Bonchev–Trinajstić information content (AvgIpc) is 3.15. The largest absolute Gasteiger partial charge is 0.573 e. The van der Waals surface area contributed by atoms with Crippen LogP contribution in [-0.4, -0.2) is 42.8 Å². The highest BCUT2D eigenvalue weighted by Crippen LogP contribution is 2.30. The molecule has 1 atom stereocenters. The third kappa shape index (κ3) is 4.74. The van der Waals surface area contributed by atoms with E-state index in [-0.39, 0.29) is 10.8 Å². The van der Waals surface area contributed by atoms with E-state index in [1.165, 1.54) is 47.2 Å². The van der Waals surface area contributed by atoms with Crippen LogP contribution in [0.1, 0.15) is 11.7 Å². The first-order valence-electron chi connectivity index (χ1n) is 9.14. The average molecular weight is 466 g/mol. The third-order valence-corrected chi connectivity index (χ3v) is 4.70. The Labute approximate surface area is 183 Å². The Bertz CT molecular complexity index is 1250. The summed E-state index contributed by atoms with van der Waals surface area (Å²) in [5, 5.41) is 26.3. The maximum absolute atomic E-state index is 12.3. The molecule has 32 heavy (non-hydrogen) atoms. The number of aliphatic hydroxyl groups is 2. The first kappa shape index (κ1) is 21.8. The fourth-order valence-electron chi connectivity index (χ4n) is 2.93. The second kappa shape index (κ2) is 8.61. The topological polar surface area (TPSA) is 105 Å².